The molecule has 1 aliphatic rings. The highest BCUT2D eigenvalue weighted by Crippen LogP contribution is 2.34. The second-order valence-electron chi connectivity index (χ2n) is 7.29. The van der Waals surface area contributed by atoms with Crippen molar-refractivity contribution in [3.63, 3.8) is 0 Å². The number of hydrogen-bond donors (Lipinski definition) is 0. The summed E-state index contributed by atoms with van der Waals surface area (Å²) in [5, 5.41) is -1.49. The first-order valence-corrected chi connectivity index (χ1v) is 11.1. The summed E-state index contributed by atoms with van der Waals surface area (Å²) in [5.74, 6) is -2.18. The Kier molecular flexibility index (Phi) is 6.70. The molecule has 1 saturated heterocycles. The van der Waals surface area contributed by atoms with Gasteiger partial charge in [0, 0.05) is 26.6 Å². The highest BCUT2D eigenvalue weighted by molar-refractivity contribution is 7.92. The highest BCUT2D eigenvalue weighted by atomic mass is 32.2. The van der Waals surface area contributed by atoms with E-state index in [9.17, 15) is 18.0 Å². The Morgan fingerprint density at radius 3 is 2.17 bits per heavy atom. The van der Waals surface area contributed by atoms with E-state index < -0.39 is 39.1 Å². The van der Waals surface area contributed by atoms with Crippen molar-refractivity contribution < 1.29 is 27.5 Å². The highest BCUT2D eigenvalue weighted by Gasteiger charge is 2.52. The lowest BCUT2D eigenvalue weighted by molar-refractivity contribution is -0.169. The van der Waals surface area contributed by atoms with Crippen molar-refractivity contribution in [3.8, 4) is 0 Å². The van der Waals surface area contributed by atoms with Crippen LogP contribution in [0.4, 0.5) is 0 Å². The topological polar surface area (TPSA) is 90.0 Å². The zero-order valence-corrected chi connectivity index (χ0v) is 18.0. The first-order valence-electron chi connectivity index (χ1n) is 9.54. The van der Waals surface area contributed by atoms with Crippen molar-refractivity contribution in [2.75, 3.05) is 14.2 Å². The molecule has 0 saturated carbocycles. The average molecular weight is 432 g/mol. The van der Waals surface area contributed by atoms with Gasteiger partial charge in [-0.1, -0.05) is 48.0 Å². The van der Waals surface area contributed by atoms with Crippen LogP contribution >= 0.6 is 0 Å². The van der Waals surface area contributed by atoms with Gasteiger partial charge >= 0.3 is 0 Å². The molecule has 2 aromatic rings. The zero-order valence-electron chi connectivity index (χ0n) is 17.1. The van der Waals surface area contributed by atoms with Crippen LogP contribution in [0.5, 0.6) is 0 Å². The molecular formula is C22H25NO6S. The molecule has 3 rings (SSSR count). The summed E-state index contributed by atoms with van der Waals surface area (Å²) < 4.78 is 37.5. The number of imide groups is 1. The fourth-order valence-corrected chi connectivity index (χ4v) is 5.62. The minimum Gasteiger partial charge on any atom is -0.356 e. The number of hydrogen-bond acceptors (Lipinski definition) is 6. The number of rotatable bonds is 7. The summed E-state index contributed by atoms with van der Waals surface area (Å²) in [6.07, 6.45) is -1.19. The maximum atomic E-state index is 13.5. The SMILES string of the molecule is COC(OC)[C@H]1CC(=O)N(Cc2ccccc2)C(=O)[C@@H]1S(=O)(=O)c1ccc(C)cc1. The second-order valence-corrected chi connectivity index (χ2v) is 9.36. The van der Waals surface area contributed by atoms with E-state index in [1.807, 2.05) is 13.0 Å². The van der Waals surface area contributed by atoms with E-state index in [1.165, 1.54) is 26.4 Å². The molecule has 0 bridgehead atoms. The van der Waals surface area contributed by atoms with Gasteiger partial charge in [-0.05, 0) is 24.6 Å². The number of ether oxygens (including phenoxy) is 2. The van der Waals surface area contributed by atoms with Gasteiger partial charge in [0.05, 0.1) is 11.4 Å². The van der Waals surface area contributed by atoms with Gasteiger partial charge in [0.2, 0.25) is 11.8 Å². The van der Waals surface area contributed by atoms with Crippen LogP contribution in [0.15, 0.2) is 59.5 Å². The maximum Gasteiger partial charge on any atom is 0.248 e. The molecule has 0 unspecified atom stereocenters. The molecule has 0 aromatic heterocycles. The van der Waals surface area contributed by atoms with E-state index in [4.69, 9.17) is 9.47 Å². The largest absolute Gasteiger partial charge is 0.356 e. The predicted octanol–water partition coefficient (Wildman–Crippen LogP) is 2.33. The summed E-state index contributed by atoms with van der Waals surface area (Å²) in [4.78, 5) is 27.2. The van der Waals surface area contributed by atoms with E-state index in [2.05, 4.69) is 0 Å². The van der Waals surface area contributed by atoms with E-state index in [0.29, 0.717) is 0 Å². The van der Waals surface area contributed by atoms with Crippen LogP contribution in [-0.2, 0) is 35.4 Å². The van der Waals surface area contributed by atoms with Gasteiger partial charge in [0.25, 0.3) is 0 Å². The molecule has 1 fully saturated rings. The van der Waals surface area contributed by atoms with Crippen molar-refractivity contribution in [3.05, 3.63) is 65.7 Å². The van der Waals surface area contributed by atoms with Crippen molar-refractivity contribution >= 4 is 21.7 Å². The lowest BCUT2D eigenvalue weighted by Crippen LogP contribution is -2.57. The summed E-state index contributed by atoms with van der Waals surface area (Å²) in [7, 11) is -1.38. The van der Waals surface area contributed by atoms with Crippen LogP contribution in [0.3, 0.4) is 0 Å². The Morgan fingerprint density at radius 2 is 1.60 bits per heavy atom. The van der Waals surface area contributed by atoms with Crippen LogP contribution in [-0.4, -0.2) is 50.9 Å². The van der Waals surface area contributed by atoms with E-state index in [-0.39, 0.29) is 17.9 Å². The number of aryl methyl sites for hydroxylation is 1. The van der Waals surface area contributed by atoms with Crippen LogP contribution in [0.1, 0.15) is 17.5 Å². The van der Waals surface area contributed by atoms with Crippen molar-refractivity contribution in [1.29, 1.82) is 0 Å². The molecular weight excluding hydrogens is 406 g/mol. The van der Waals surface area contributed by atoms with E-state index in [1.54, 1.807) is 36.4 Å². The van der Waals surface area contributed by atoms with Gasteiger partial charge in [-0.3, -0.25) is 14.5 Å². The molecule has 7 nitrogen and oxygen atoms in total. The number of carbonyl (C=O) groups excluding carboxylic acids is 2. The lowest BCUT2D eigenvalue weighted by atomic mass is 9.93. The van der Waals surface area contributed by atoms with Crippen molar-refractivity contribution in [2.45, 2.75) is 36.3 Å². The molecule has 0 spiro atoms. The molecule has 0 N–H and O–H groups in total. The molecule has 8 heteroatoms. The molecule has 1 heterocycles. The quantitative estimate of drug-likeness (QED) is 0.494. The molecule has 2 amide bonds. The molecule has 0 aliphatic carbocycles. The number of carbonyl (C=O) groups is 2. The Balaban J connectivity index is 2.04. The Morgan fingerprint density at radius 1 is 1.00 bits per heavy atom. The fraction of sp³-hybridized carbons (Fsp3) is 0.364. The fourth-order valence-electron chi connectivity index (χ4n) is 3.73. The summed E-state index contributed by atoms with van der Waals surface area (Å²) >= 11 is 0. The number of benzene rings is 2. The number of amides is 2. The molecule has 2 aromatic carbocycles. The van der Waals surface area contributed by atoms with Gasteiger partial charge in [0.15, 0.2) is 21.4 Å². The Hall–Kier alpha value is -2.55. The number of piperidine rings is 1. The van der Waals surface area contributed by atoms with E-state index >= 15 is 0 Å². The monoisotopic (exact) mass is 431 g/mol. The molecule has 2 atom stereocenters. The third-order valence-electron chi connectivity index (χ3n) is 5.29. The van der Waals surface area contributed by atoms with Crippen molar-refractivity contribution in [1.82, 2.24) is 4.90 Å². The molecule has 160 valence electrons. The van der Waals surface area contributed by atoms with Gasteiger partial charge in [0.1, 0.15) is 0 Å². The minimum absolute atomic E-state index is 0.00970. The van der Waals surface area contributed by atoms with Gasteiger partial charge < -0.3 is 9.47 Å². The molecule has 30 heavy (non-hydrogen) atoms. The number of methoxy groups -OCH3 is 2. The first kappa shape index (κ1) is 22.1. The van der Waals surface area contributed by atoms with Gasteiger partial charge in [-0.25, -0.2) is 8.42 Å². The second kappa shape index (κ2) is 9.07. The normalized spacial score (nSPS) is 20.1. The minimum atomic E-state index is -4.09. The molecule has 1 aliphatic heterocycles. The summed E-state index contributed by atoms with van der Waals surface area (Å²) in [6.45, 7) is 1.85. The average Bonchev–Trinajstić information content (AvgIpc) is 2.73. The summed E-state index contributed by atoms with van der Waals surface area (Å²) in [5.41, 5.74) is 1.63. The lowest BCUT2D eigenvalue weighted by Gasteiger charge is -2.38. The van der Waals surface area contributed by atoms with Crippen molar-refractivity contribution in [2.24, 2.45) is 5.92 Å². The zero-order chi connectivity index (χ0) is 21.9. The third-order valence-corrected chi connectivity index (χ3v) is 7.44. The van der Waals surface area contributed by atoms with E-state index in [0.717, 1.165) is 16.0 Å². The Bertz CT molecular complexity index is 1000. The smallest absolute Gasteiger partial charge is 0.248 e. The molecule has 0 radical (unpaired) electrons. The van der Waals surface area contributed by atoms with Gasteiger partial charge in [-0.15, -0.1) is 0 Å². The number of nitrogens with zero attached hydrogens (tertiary/aromatic N) is 1. The third kappa shape index (κ3) is 4.30. The van der Waals surface area contributed by atoms with Crippen LogP contribution < -0.4 is 0 Å². The first-order chi connectivity index (χ1) is 14.3. The Labute approximate surface area is 176 Å². The van der Waals surface area contributed by atoms with Crippen LogP contribution in [0, 0.1) is 12.8 Å². The van der Waals surface area contributed by atoms with Gasteiger partial charge in [-0.2, -0.15) is 0 Å². The standard InChI is InChI=1S/C22H25NO6S/c1-15-9-11-17(12-10-15)30(26,27)20-18(22(28-2)29-3)13-19(24)23(21(20)25)14-16-7-5-4-6-8-16/h4-12,18,20,22H,13-14H2,1-3H3/t18-,20+/m0/s1. The number of likely N-dealkylation sites (tertiary alicyclic amines) is 1. The number of sulfone groups is 1. The predicted molar refractivity (Wildman–Crippen MR) is 110 cm³/mol. The summed E-state index contributed by atoms with van der Waals surface area (Å²) in [6, 6.07) is 15.3. The maximum absolute atomic E-state index is 13.5. The van der Waals surface area contributed by atoms with Crippen LogP contribution in [0.2, 0.25) is 0 Å². The van der Waals surface area contributed by atoms with Crippen LogP contribution in [0.25, 0.3) is 0 Å².